The van der Waals surface area contributed by atoms with E-state index in [0.29, 0.717) is 5.92 Å². The van der Waals surface area contributed by atoms with Crippen molar-refractivity contribution in [1.82, 2.24) is 9.97 Å². The van der Waals surface area contributed by atoms with Crippen molar-refractivity contribution in [1.29, 1.82) is 0 Å². The average Bonchev–Trinajstić information content (AvgIpc) is 2.79. The Bertz CT molecular complexity index is 981. The molecule has 4 aromatic rings. The minimum atomic E-state index is 0.561. The van der Waals surface area contributed by atoms with E-state index in [2.05, 4.69) is 68.4 Å². The number of nitrogens with zero attached hydrogens (tertiary/aromatic N) is 2. The smallest absolute Gasteiger partial charge is 0.160 e. The van der Waals surface area contributed by atoms with Crippen LogP contribution < -0.4 is 0 Å². The summed E-state index contributed by atoms with van der Waals surface area (Å²) in [5.41, 5.74) is 6.47. The molecule has 0 aliphatic carbocycles. The number of benzene rings is 3. The van der Waals surface area contributed by atoms with E-state index in [1.54, 1.807) is 0 Å². The standard InChI is InChI=1S/C26H24N2/c1-3-19(2)20-14-16-23(17-15-20)26-27-24(21-10-6-4-7-11-21)18-25(28-26)22-12-8-5-9-13-22/h4-19H,3H2,1-2H3. The van der Waals surface area contributed by atoms with Crippen molar-refractivity contribution in [3.63, 3.8) is 0 Å². The van der Waals surface area contributed by atoms with E-state index in [9.17, 15) is 0 Å². The van der Waals surface area contributed by atoms with Crippen LogP contribution in [0.1, 0.15) is 31.7 Å². The van der Waals surface area contributed by atoms with Gasteiger partial charge in [0.2, 0.25) is 0 Å². The largest absolute Gasteiger partial charge is 0.228 e. The van der Waals surface area contributed by atoms with Crippen LogP contribution in [0.5, 0.6) is 0 Å². The highest BCUT2D eigenvalue weighted by molar-refractivity contribution is 5.71. The molecule has 0 radical (unpaired) electrons. The third-order valence-corrected chi connectivity index (χ3v) is 5.22. The van der Waals surface area contributed by atoms with Crippen molar-refractivity contribution < 1.29 is 0 Å². The van der Waals surface area contributed by atoms with Crippen molar-refractivity contribution >= 4 is 0 Å². The summed E-state index contributed by atoms with van der Waals surface area (Å²) in [6.07, 6.45) is 1.14. The van der Waals surface area contributed by atoms with Gasteiger partial charge in [0.1, 0.15) is 0 Å². The molecule has 1 unspecified atom stereocenters. The molecule has 0 amide bonds. The first kappa shape index (κ1) is 18.1. The van der Waals surface area contributed by atoms with Gasteiger partial charge in [0.05, 0.1) is 11.4 Å². The molecule has 0 aliphatic heterocycles. The lowest BCUT2D eigenvalue weighted by molar-refractivity contribution is 0.734. The zero-order valence-corrected chi connectivity index (χ0v) is 16.3. The van der Waals surface area contributed by atoms with Gasteiger partial charge in [-0.25, -0.2) is 9.97 Å². The molecule has 4 rings (SSSR count). The van der Waals surface area contributed by atoms with Crippen molar-refractivity contribution in [2.45, 2.75) is 26.2 Å². The van der Waals surface area contributed by atoms with Crippen LogP contribution in [0.2, 0.25) is 0 Å². The summed E-state index contributed by atoms with van der Waals surface area (Å²) in [5.74, 6) is 1.32. The molecule has 0 aliphatic rings. The zero-order valence-electron chi connectivity index (χ0n) is 16.3. The molecular formula is C26H24N2. The summed E-state index contributed by atoms with van der Waals surface area (Å²) in [4.78, 5) is 9.77. The fourth-order valence-corrected chi connectivity index (χ4v) is 3.29. The lowest BCUT2D eigenvalue weighted by Crippen LogP contribution is -1.96. The minimum Gasteiger partial charge on any atom is -0.228 e. The Kier molecular flexibility index (Phi) is 5.29. The second-order valence-electron chi connectivity index (χ2n) is 7.13. The zero-order chi connectivity index (χ0) is 19.3. The van der Waals surface area contributed by atoms with Crippen molar-refractivity contribution in [2.75, 3.05) is 0 Å². The van der Waals surface area contributed by atoms with Crippen molar-refractivity contribution in [3.05, 3.63) is 96.6 Å². The van der Waals surface area contributed by atoms with Gasteiger partial charge in [0.15, 0.2) is 5.82 Å². The molecule has 1 heterocycles. The number of hydrogen-bond acceptors (Lipinski definition) is 2. The Balaban J connectivity index is 1.82. The molecule has 0 N–H and O–H groups in total. The average molecular weight is 364 g/mol. The summed E-state index contributed by atoms with van der Waals surface area (Å²) in [5, 5.41) is 0. The summed E-state index contributed by atoms with van der Waals surface area (Å²) >= 11 is 0. The van der Waals surface area contributed by atoms with E-state index in [1.165, 1.54) is 5.56 Å². The molecule has 2 nitrogen and oxygen atoms in total. The van der Waals surface area contributed by atoms with Gasteiger partial charge in [-0.05, 0) is 24.0 Å². The van der Waals surface area contributed by atoms with Crippen molar-refractivity contribution in [3.8, 4) is 33.9 Å². The van der Waals surface area contributed by atoms with Gasteiger partial charge < -0.3 is 0 Å². The van der Waals surface area contributed by atoms with E-state index < -0.39 is 0 Å². The first-order valence-electron chi connectivity index (χ1n) is 9.85. The molecule has 28 heavy (non-hydrogen) atoms. The molecule has 0 fully saturated rings. The maximum Gasteiger partial charge on any atom is 0.160 e. The van der Waals surface area contributed by atoms with Gasteiger partial charge in [-0.1, -0.05) is 98.8 Å². The van der Waals surface area contributed by atoms with E-state index in [1.807, 2.05) is 36.4 Å². The van der Waals surface area contributed by atoms with Gasteiger partial charge in [0, 0.05) is 16.7 Å². The first-order chi connectivity index (χ1) is 13.7. The lowest BCUT2D eigenvalue weighted by atomic mass is 9.97. The van der Waals surface area contributed by atoms with Gasteiger partial charge in [0.25, 0.3) is 0 Å². The Labute approximate surface area is 167 Å². The van der Waals surface area contributed by atoms with Crippen LogP contribution in [0.25, 0.3) is 33.9 Å². The topological polar surface area (TPSA) is 25.8 Å². The van der Waals surface area contributed by atoms with Crippen LogP contribution in [0.4, 0.5) is 0 Å². The molecule has 3 aromatic carbocycles. The second-order valence-corrected chi connectivity index (χ2v) is 7.13. The van der Waals surface area contributed by atoms with Crippen LogP contribution >= 0.6 is 0 Å². The fraction of sp³-hybridized carbons (Fsp3) is 0.154. The summed E-state index contributed by atoms with van der Waals surface area (Å²) in [7, 11) is 0. The normalized spacial score (nSPS) is 11.9. The predicted octanol–water partition coefficient (Wildman–Crippen LogP) is 6.99. The Hall–Kier alpha value is -3.26. The third kappa shape index (κ3) is 3.86. The quantitative estimate of drug-likeness (QED) is 0.381. The van der Waals surface area contributed by atoms with E-state index in [-0.39, 0.29) is 0 Å². The van der Waals surface area contributed by atoms with E-state index in [0.717, 1.165) is 40.3 Å². The van der Waals surface area contributed by atoms with E-state index >= 15 is 0 Å². The minimum absolute atomic E-state index is 0.561. The highest BCUT2D eigenvalue weighted by atomic mass is 14.9. The molecule has 0 saturated carbocycles. The summed E-state index contributed by atoms with van der Waals surface area (Å²) in [6, 6.07) is 31.3. The highest BCUT2D eigenvalue weighted by Gasteiger charge is 2.11. The Morgan fingerprint density at radius 1 is 0.643 bits per heavy atom. The van der Waals surface area contributed by atoms with Gasteiger partial charge in [-0.3, -0.25) is 0 Å². The Morgan fingerprint density at radius 3 is 1.61 bits per heavy atom. The summed E-state index contributed by atoms with van der Waals surface area (Å²) in [6.45, 7) is 4.48. The first-order valence-corrected chi connectivity index (χ1v) is 9.85. The molecule has 2 heteroatoms. The maximum absolute atomic E-state index is 4.88. The molecule has 1 aromatic heterocycles. The summed E-state index contributed by atoms with van der Waals surface area (Å²) < 4.78 is 0. The van der Waals surface area contributed by atoms with Gasteiger partial charge in [-0.15, -0.1) is 0 Å². The lowest BCUT2D eigenvalue weighted by Gasteiger charge is -2.11. The van der Waals surface area contributed by atoms with Gasteiger partial charge in [-0.2, -0.15) is 0 Å². The second kappa shape index (κ2) is 8.18. The van der Waals surface area contributed by atoms with Crippen LogP contribution in [0.3, 0.4) is 0 Å². The SMILES string of the molecule is CCC(C)c1ccc(-c2nc(-c3ccccc3)cc(-c3ccccc3)n2)cc1. The maximum atomic E-state index is 4.88. The fourth-order valence-electron chi connectivity index (χ4n) is 3.29. The van der Waals surface area contributed by atoms with Crippen LogP contribution in [0, 0.1) is 0 Å². The van der Waals surface area contributed by atoms with Crippen LogP contribution in [0.15, 0.2) is 91.0 Å². The number of hydrogen-bond donors (Lipinski definition) is 0. The number of rotatable bonds is 5. The number of aromatic nitrogens is 2. The molecule has 1 atom stereocenters. The van der Waals surface area contributed by atoms with Crippen molar-refractivity contribution in [2.24, 2.45) is 0 Å². The van der Waals surface area contributed by atoms with Crippen LogP contribution in [-0.4, -0.2) is 9.97 Å². The molecule has 0 saturated heterocycles. The highest BCUT2D eigenvalue weighted by Crippen LogP contribution is 2.28. The monoisotopic (exact) mass is 364 g/mol. The van der Waals surface area contributed by atoms with Crippen LogP contribution in [-0.2, 0) is 0 Å². The van der Waals surface area contributed by atoms with E-state index in [4.69, 9.17) is 9.97 Å². The molecule has 0 bridgehead atoms. The third-order valence-electron chi connectivity index (χ3n) is 5.22. The molecule has 0 spiro atoms. The van der Waals surface area contributed by atoms with Gasteiger partial charge >= 0.3 is 0 Å². The predicted molar refractivity (Wildman–Crippen MR) is 117 cm³/mol. The Morgan fingerprint density at radius 2 is 1.14 bits per heavy atom. The molecule has 138 valence electrons. The molecular weight excluding hydrogens is 340 g/mol.